The number of ketones is 1. The van der Waals surface area contributed by atoms with Gasteiger partial charge in [0.15, 0.2) is 0 Å². The summed E-state index contributed by atoms with van der Waals surface area (Å²) in [5, 5.41) is 8.61. The second kappa shape index (κ2) is 10.3. The number of hydrogen-bond acceptors (Lipinski definition) is 2. The number of rotatable bonds is 9. The molecule has 1 aliphatic rings. The summed E-state index contributed by atoms with van der Waals surface area (Å²) in [5.74, 6) is -1.38. The van der Waals surface area contributed by atoms with Crippen molar-refractivity contribution in [3.05, 3.63) is 41.0 Å². The van der Waals surface area contributed by atoms with Gasteiger partial charge in [-0.15, -0.1) is 0 Å². The lowest BCUT2D eigenvalue weighted by atomic mass is 9.89. The Hall–Kier alpha value is -2.32. The van der Waals surface area contributed by atoms with Gasteiger partial charge in [0.1, 0.15) is 5.78 Å². The number of Topliss-reactive ketones (excluding diaryl/α,β-unsaturated/α-hetero) is 1. The van der Waals surface area contributed by atoms with E-state index in [0.717, 1.165) is 12.8 Å². The van der Waals surface area contributed by atoms with Crippen molar-refractivity contribution < 1.29 is 41.0 Å². The van der Waals surface area contributed by atoms with Crippen LogP contribution in [0.4, 0.5) is 26.3 Å². The Morgan fingerprint density at radius 1 is 0.968 bits per heavy atom. The summed E-state index contributed by atoms with van der Waals surface area (Å²) in [6, 6.07) is 1.42. The van der Waals surface area contributed by atoms with Crippen LogP contribution in [-0.4, -0.2) is 16.9 Å². The largest absolute Gasteiger partial charge is 0.481 e. The average Bonchev–Trinajstić information content (AvgIpc) is 3.00. The molecule has 0 amide bonds. The molecule has 172 valence electrons. The zero-order valence-electron chi connectivity index (χ0n) is 16.7. The summed E-state index contributed by atoms with van der Waals surface area (Å²) >= 11 is 0. The van der Waals surface area contributed by atoms with Crippen LogP contribution in [0.5, 0.6) is 0 Å². The molecule has 0 radical (unpaired) electrons. The van der Waals surface area contributed by atoms with Gasteiger partial charge in [0.2, 0.25) is 0 Å². The molecule has 2 rings (SSSR count). The first-order valence-electron chi connectivity index (χ1n) is 10.1. The molecule has 1 saturated carbocycles. The molecule has 9 heteroatoms. The van der Waals surface area contributed by atoms with Gasteiger partial charge in [0.25, 0.3) is 0 Å². The van der Waals surface area contributed by atoms with Gasteiger partial charge in [-0.25, -0.2) is 0 Å². The highest BCUT2D eigenvalue weighted by molar-refractivity contribution is 5.84. The van der Waals surface area contributed by atoms with Crippen molar-refractivity contribution in [2.45, 2.75) is 63.7 Å². The number of unbranched alkanes of at least 4 members (excludes halogenated alkanes) is 3. The van der Waals surface area contributed by atoms with Crippen molar-refractivity contribution in [1.29, 1.82) is 0 Å². The lowest BCUT2D eigenvalue weighted by Crippen LogP contribution is -2.13. The van der Waals surface area contributed by atoms with Crippen LogP contribution >= 0.6 is 0 Å². The number of carbonyl (C=O) groups excluding carboxylic acids is 1. The molecule has 1 fully saturated rings. The molecule has 0 spiro atoms. The lowest BCUT2D eigenvalue weighted by Gasteiger charge is -2.16. The fraction of sp³-hybridized carbons (Fsp3) is 0.545. The van der Waals surface area contributed by atoms with E-state index >= 15 is 0 Å². The van der Waals surface area contributed by atoms with Crippen molar-refractivity contribution >= 4 is 17.8 Å². The van der Waals surface area contributed by atoms with Gasteiger partial charge in [0.05, 0.1) is 11.1 Å². The molecule has 0 heterocycles. The Morgan fingerprint density at radius 3 is 2.10 bits per heavy atom. The fourth-order valence-corrected chi connectivity index (χ4v) is 3.84. The fourth-order valence-electron chi connectivity index (χ4n) is 3.84. The molecule has 1 aromatic carbocycles. The van der Waals surface area contributed by atoms with Crippen molar-refractivity contribution in [3.63, 3.8) is 0 Å². The molecular formula is C22H24F6O3. The third-order valence-electron chi connectivity index (χ3n) is 5.46. The zero-order valence-corrected chi connectivity index (χ0v) is 16.7. The molecule has 0 aliphatic heterocycles. The van der Waals surface area contributed by atoms with Gasteiger partial charge in [-0.2, -0.15) is 26.3 Å². The predicted octanol–water partition coefficient (Wildman–Crippen LogP) is 6.76. The summed E-state index contributed by atoms with van der Waals surface area (Å²) in [6.07, 6.45) is -2.82. The summed E-state index contributed by atoms with van der Waals surface area (Å²) in [6.45, 7) is 0. The lowest BCUT2D eigenvalue weighted by molar-refractivity contribution is -0.143. The molecule has 2 atom stereocenters. The number of benzene rings is 1. The number of alkyl halides is 6. The van der Waals surface area contributed by atoms with Crippen LogP contribution in [0.3, 0.4) is 0 Å². The summed E-state index contributed by atoms with van der Waals surface area (Å²) in [7, 11) is 0. The molecule has 1 N–H and O–H groups in total. The minimum atomic E-state index is -4.91. The van der Waals surface area contributed by atoms with E-state index in [9.17, 15) is 35.9 Å². The molecule has 31 heavy (non-hydrogen) atoms. The van der Waals surface area contributed by atoms with E-state index < -0.39 is 29.4 Å². The normalized spacial score (nSPS) is 20.0. The maximum atomic E-state index is 13.0. The summed E-state index contributed by atoms with van der Waals surface area (Å²) in [4.78, 5) is 22.7. The highest BCUT2D eigenvalue weighted by Crippen LogP contribution is 2.38. The number of allylic oxidation sites excluding steroid dienone is 1. The first-order valence-corrected chi connectivity index (χ1v) is 10.1. The van der Waals surface area contributed by atoms with E-state index in [1.54, 1.807) is 0 Å². The van der Waals surface area contributed by atoms with Crippen LogP contribution in [0.25, 0.3) is 6.08 Å². The monoisotopic (exact) mass is 450 g/mol. The van der Waals surface area contributed by atoms with E-state index in [-0.39, 0.29) is 35.7 Å². The molecule has 2 unspecified atom stereocenters. The number of carboxylic acid groups (broad SMARTS) is 1. The Labute approximate surface area is 176 Å². The Balaban J connectivity index is 2.07. The third kappa shape index (κ3) is 7.70. The number of halogens is 6. The highest BCUT2D eigenvalue weighted by Gasteiger charge is 2.37. The second-order valence-corrected chi connectivity index (χ2v) is 7.82. The topological polar surface area (TPSA) is 54.4 Å². The van der Waals surface area contributed by atoms with Gasteiger partial charge in [-0.1, -0.05) is 31.4 Å². The summed E-state index contributed by atoms with van der Waals surface area (Å²) in [5.41, 5.74) is -2.96. The minimum absolute atomic E-state index is 0.0419. The molecule has 3 nitrogen and oxygen atoms in total. The Bertz CT molecular complexity index is 778. The first kappa shape index (κ1) is 24.9. The summed E-state index contributed by atoms with van der Waals surface area (Å²) < 4.78 is 78.0. The van der Waals surface area contributed by atoms with E-state index in [1.165, 1.54) is 12.2 Å². The number of hydrogen-bond donors (Lipinski definition) is 1. The van der Waals surface area contributed by atoms with Crippen LogP contribution in [0, 0.1) is 11.8 Å². The highest BCUT2D eigenvalue weighted by atomic mass is 19.4. The van der Waals surface area contributed by atoms with Crippen LogP contribution in [0.2, 0.25) is 0 Å². The molecular weight excluding hydrogens is 426 g/mol. The standard InChI is InChI=1S/C22H24F6O3/c23-21(24,25)16-11-14(12-17(13-16)22(26,27)28)7-8-15-9-10-19(29)18(15)5-3-1-2-4-6-20(30)31/h7-8,11-13,15,18H,1-6,9-10H2,(H,30,31). The maximum Gasteiger partial charge on any atom is 0.416 e. The number of carboxylic acids is 1. The van der Waals surface area contributed by atoms with Crippen molar-refractivity contribution in [3.8, 4) is 0 Å². The van der Waals surface area contributed by atoms with Gasteiger partial charge < -0.3 is 5.11 Å². The van der Waals surface area contributed by atoms with Crippen molar-refractivity contribution in [1.82, 2.24) is 0 Å². The van der Waals surface area contributed by atoms with E-state index in [0.29, 0.717) is 44.2 Å². The first-order chi connectivity index (χ1) is 14.4. The number of aliphatic carboxylic acids is 1. The van der Waals surface area contributed by atoms with Gasteiger partial charge in [-0.05, 0) is 48.9 Å². The van der Waals surface area contributed by atoms with Crippen molar-refractivity contribution in [2.75, 3.05) is 0 Å². The SMILES string of the molecule is O=C(O)CCCCCCC1C(=O)CCC1C=Cc1cc(C(F)(F)F)cc(C(F)(F)F)c1. The molecule has 0 aromatic heterocycles. The van der Waals surface area contributed by atoms with E-state index in [4.69, 9.17) is 5.11 Å². The molecule has 0 bridgehead atoms. The van der Waals surface area contributed by atoms with Gasteiger partial charge >= 0.3 is 18.3 Å². The third-order valence-corrected chi connectivity index (χ3v) is 5.46. The van der Waals surface area contributed by atoms with Crippen LogP contribution in [0.1, 0.15) is 68.1 Å². The smallest absolute Gasteiger partial charge is 0.416 e. The predicted molar refractivity (Wildman–Crippen MR) is 102 cm³/mol. The van der Waals surface area contributed by atoms with Crippen LogP contribution in [-0.2, 0) is 21.9 Å². The number of carbonyl (C=O) groups is 2. The van der Waals surface area contributed by atoms with Gasteiger partial charge in [0, 0.05) is 18.8 Å². The minimum Gasteiger partial charge on any atom is -0.481 e. The second-order valence-electron chi connectivity index (χ2n) is 7.82. The van der Waals surface area contributed by atoms with Crippen molar-refractivity contribution in [2.24, 2.45) is 11.8 Å². The molecule has 0 saturated heterocycles. The Kier molecular flexibility index (Phi) is 8.31. The van der Waals surface area contributed by atoms with E-state index in [1.807, 2.05) is 0 Å². The average molecular weight is 450 g/mol. The Morgan fingerprint density at radius 2 is 1.55 bits per heavy atom. The van der Waals surface area contributed by atoms with Gasteiger partial charge in [-0.3, -0.25) is 9.59 Å². The quantitative estimate of drug-likeness (QED) is 0.334. The molecule has 1 aliphatic carbocycles. The van der Waals surface area contributed by atoms with E-state index in [2.05, 4.69) is 0 Å². The maximum absolute atomic E-state index is 13.0. The van der Waals surface area contributed by atoms with Crippen LogP contribution < -0.4 is 0 Å². The molecule has 1 aromatic rings. The van der Waals surface area contributed by atoms with Crippen LogP contribution in [0.15, 0.2) is 24.3 Å². The zero-order chi connectivity index (χ0) is 23.2.